The predicted octanol–water partition coefficient (Wildman–Crippen LogP) is 1.97. The van der Waals surface area contributed by atoms with Crippen molar-refractivity contribution in [3.05, 3.63) is 35.9 Å². The number of hydrogen-bond acceptors (Lipinski definition) is 3. The second-order valence-corrected chi connectivity index (χ2v) is 4.42. The molecular weight excluding hydrogens is 214 g/mol. The molecule has 3 nitrogen and oxygen atoms in total. The number of carbonyl (C=O) groups excluding carboxylic acids is 1. The Labute approximate surface area is 103 Å². The third kappa shape index (κ3) is 5.00. The molecule has 1 aromatic rings. The highest BCUT2D eigenvalue weighted by Crippen LogP contribution is 2.04. The van der Waals surface area contributed by atoms with Crippen molar-refractivity contribution in [1.29, 1.82) is 0 Å². The molecule has 0 saturated heterocycles. The number of hydrogen-bond donors (Lipinski definition) is 0. The van der Waals surface area contributed by atoms with Gasteiger partial charge in [-0.1, -0.05) is 37.3 Å². The summed E-state index contributed by atoms with van der Waals surface area (Å²) in [5.74, 6) is -0.211. The zero-order chi connectivity index (χ0) is 12.7. The lowest BCUT2D eigenvalue weighted by Crippen LogP contribution is -2.30. The van der Waals surface area contributed by atoms with Crippen molar-refractivity contribution in [3.8, 4) is 0 Å². The van der Waals surface area contributed by atoms with Crippen LogP contribution in [0, 0.1) is 5.92 Å². The molecule has 0 fully saturated rings. The summed E-state index contributed by atoms with van der Waals surface area (Å²) in [6.45, 7) is 3.58. The Bertz CT molecular complexity index is 337. The minimum absolute atomic E-state index is 0.0687. The van der Waals surface area contributed by atoms with Gasteiger partial charge in [-0.05, 0) is 19.0 Å². The van der Waals surface area contributed by atoms with E-state index in [0.29, 0.717) is 0 Å². The largest absolute Gasteiger partial charge is 0.469 e. The molecule has 94 valence electrons. The topological polar surface area (TPSA) is 29.5 Å². The summed E-state index contributed by atoms with van der Waals surface area (Å²) in [7, 11) is 3.46. The van der Waals surface area contributed by atoms with Gasteiger partial charge in [-0.2, -0.15) is 0 Å². The Morgan fingerprint density at radius 1 is 1.35 bits per heavy atom. The van der Waals surface area contributed by atoms with Crippen LogP contribution in [0.4, 0.5) is 0 Å². The van der Waals surface area contributed by atoms with E-state index >= 15 is 0 Å². The lowest BCUT2D eigenvalue weighted by Gasteiger charge is -2.19. The van der Waals surface area contributed by atoms with Crippen molar-refractivity contribution in [2.24, 2.45) is 5.92 Å². The SMILES string of the molecule is COC(=O)C(C)CN(C)CCc1ccccc1. The second kappa shape index (κ2) is 7.07. The van der Waals surface area contributed by atoms with E-state index < -0.39 is 0 Å². The van der Waals surface area contributed by atoms with Crippen molar-refractivity contribution >= 4 is 5.97 Å². The summed E-state index contributed by atoms with van der Waals surface area (Å²) in [4.78, 5) is 13.4. The van der Waals surface area contributed by atoms with Crippen LogP contribution in [0.1, 0.15) is 12.5 Å². The summed E-state index contributed by atoms with van der Waals surface area (Å²) in [5.41, 5.74) is 1.32. The summed E-state index contributed by atoms with van der Waals surface area (Å²) in [6, 6.07) is 10.4. The van der Waals surface area contributed by atoms with Gasteiger partial charge in [-0.15, -0.1) is 0 Å². The molecule has 0 saturated carbocycles. The molecule has 1 rings (SSSR count). The van der Waals surface area contributed by atoms with Crippen LogP contribution in [0.2, 0.25) is 0 Å². The molecule has 1 unspecified atom stereocenters. The Morgan fingerprint density at radius 3 is 2.59 bits per heavy atom. The fraction of sp³-hybridized carbons (Fsp3) is 0.500. The molecule has 0 N–H and O–H groups in total. The molecule has 1 aromatic carbocycles. The van der Waals surface area contributed by atoms with Crippen LogP contribution >= 0.6 is 0 Å². The molecule has 0 bridgehead atoms. The first kappa shape index (κ1) is 13.7. The van der Waals surface area contributed by atoms with Crippen LogP contribution in [0.3, 0.4) is 0 Å². The Hall–Kier alpha value is -1.35. The molecule has 0 aliphatic heterocycles. The van der Waals surface area contributed by atoms with Crippen LogP contribution < -0.4 is 0 Å². The van der Waals surface area contributed by atoms with Gasteiger partial charge in [0.25, 0.3) is 0 Å². The van der Waals surface area contributed by atoms with Crippen molar-refractivity contribution < 1.29 is 9.53 Å². The maximum absolute atomic E-state index is 11.3. The monoisotopic (exact) mass is 235 g/mol. The van der Waals surface area contributed by atoms with Crippen LogP contribution in [0.25, 0.3) is 0 Å². The highest BCUT2D eigenvalue weighted by molar-refractivity contribution is 5.72. The molecule has 0 heterocycles. The fourth-order valence-corrected chi connectivity index (χ4v) is 1.80. The van der Waals surface area contributed by atoms with Gasteiger partial charge >= 0.3 is 5.97 Å². The first-order chi connectivity index (χ1) is 8.13. The van der Waals surface area contributed by atoms with Gasteiger partial charge in [-0.25, -0.2) is 0 Å². The molecule has 0 aliphatic carbocycles. The number of nitrogens with zero attached hydrogens (tertiary/aromatic N) is 1. The standard InChI is InChI=1S/C14H21NO2/c1-12(14(16)17-3)11-15(2)10-9-13-7-5-4-6-8-13/h4-8,12H,9-11H2,1-3H3. The fourth-order valence-electron chi connectivity index (χ4n) is 1.80. The number of ether oxygens (including phenoxy) is 1. The number of carbonyl (C=O) groups is 1. The quantitative estimate of drug-likeness (QED) is 0.706. The van der Waals surface area contributed by atoms with Crippen molar-refractivity contribution in [3.63, 3.8) is 0 Å². The molecular formula is C14H21NO2. The van der Waals surface area contributed by atoms with E-state index in [-0.39, 0.29) is 11.9 Å². The van der Waals surface area contributed by atoms with Crippen molar-refractivity contribution in [2.75, 3.05) is 27.2 Å². The smallest absolute Gasteiger partial charge is 0.309 e. The van der Waals surface area contributed by atoms with E-state index in [1.807, 2.05) is 32.2 Å². The summed E-state index contributed by atoms with van der Waals surface area (Å²) in [5, 5.41) is 0. The Kier molecular flexibility index (Phi) is 5.70. The normalized spacial score (nSPS) is 12.5. The number of esters is 1. The Balaban J connectivity index is 2.30. The first-order valence-corrected chi connectivity index (χ1v) is 5.93. The van der Waals surface area contributed by atoms with Gasteiger partial charge in [0.1, 0.15) is 0 Å². The van der Waals surface area contributed by atoms with Gasteiger partial charge in [0.15, 0.2) is 0 Å². The maximum atomic E-state index is 11.3. The predicted molar refractivity (Wildman–Crippen MR) is 68.8 cm³/mol. The first-order valence-electron chi connectivity index (χ1n) is 5.93. The zero-order valence-corrected chi connectivity index (χ0v) is 10.8. The van der Waals surface area contributed by atoms with E-state index in [9.17, 15) is 4.79 Å². The van der Waals surface area contributed by atoms with Crippen LogP contribution in [0.5, 0.6) is 0 Å². The number of likely N-dealkylation sites (N-methyl/N-ethyl adjacent to an activating group) is 1. The van der Waals surface area contributed by atoms with E-state index in [0.717, 1.165) is 19.5 Å². The van der Waals surface area contributed by atoms with E-state index in [1.54, 1.807) is 0 Å². The number of benzene rings is 1. The summed E-state index contributed by atoms with van der Waals surface area (Å²) >= 11 is 0. The summed E-state index contributed by atoms with van der Waals surface area (Å²) < 4.78 is 4.71. The van der Waals surface area contributed by atoms with Crippen LogP contribution in [0.15, 0.2) is 30.3 Å². The third-order valence-electron chi connectivity index (χ3n) is 2.81. The van der Waals surface area contributed by atoms with Gasteiger partial charge < -0.3 is 9.64 Å². The average molecular weight is 235 g/mol. The molecule has 0 radical (unpaired) electrons. The van der Waals surface area contributed by atoms with Crippen molar-refractivity contribution in [2.45, 2.75) is 13.3 Å². The second-order valence-electron chi connectivity index (χ2n) is 4.42. The molecule has 0 aliphatic rings. The zero-order valence-electron chi connectivity index (χ0n) is 10.8. The van der Waals surface area contributed by atoms with Gasteiger partial charge in [0.05, 0.1) is 13.0 Å². The van der Waals surface area contributed by atoms with Crippen LogP contribution in [-0.4, -0.2) is 38.1 Å². The van der Waals surface area contributed by atoms with Gasteiger partial charge in [0.2, 0.25) is 0 Å². The van der Waals surface area contributed by atoms with Gasteiger partial charge in [-0.3, -0.25) is 4.79 Å². The average Bonchev–Trinajstić information content (AvgIpc) is 2.36. The highest BCUT2D eigenvalue weighted by atomic mass is 16.5. The lowest BCUT2D eigenvalue weighted by atomic mass is 10.1. The molecule has 17 heavy (non-hydrogen) atoms. The van der Waals surface area contributed by atoms with Crippen LogP contribution in [-0.2, 0) is 16.0 Å². The molecule has 0 amide bonds. The minimum Gasteiger partial charge on any atom is -0.469 e. The van der Waals surface area contributed by atoms with E-state index in [4.69, 9.17) is 4.74 Å². The van der Waals surface area contributed by atoms with E-state index in [2.05, 4.69) is 17.0 Å². The maximum Gasteiger partial charge on any atom is 0.309 e. The minimum atomic E-state index is -0.142. The number of methoxy groups -OCH3 is 1. The molecule has 1 atom stereocenters. The van der Waals surface area contributed by atoms with E-state index in [1.165, 1.54) is 12.7 Å². The Morgan fingerprint density at radius 2 is 2.00 bits per heavy atom. The van der Waals surface area contributed by atoms with Crippen molar-refractivity contribution in [1.82, 2.24) is 4.90 Å². The molecule has 3 heteroatoms. The highest BCUT2D eigenvalue weighted by Gasteiger charge is 2.14. The summed E-state index contributed by atoms with van der Waals surface area (Å²) in [6.07, 6.45) is 1.01. The lowest BCUT2D eigenvalue weighted by molar-refractivity contribution is -0.145. The number of rotatable bonds is 6. The molecule has 0 spiro atoms. The molecule has 0 aromatic heterocycles. The van der Waals surface area contributed by atoms with Gasteiger partial charge in [0, 0.05) is 13.1 Å². The third-order valence-corrected chi connectivity index (χ3v) is 2.81.